The van der Waals surface area contributed by atoms with Gasteiger partial charge in [0.1, 0.15) is 24.1 Å². The van der Waals surface area contributed by atoms with Crippen molar-refractivity contribution in [2.45, 2.75) is 74.4 Å². The second-order valence-electron chi connectivity index (χ2n) is 9.89. The summed E-state index contributed by atoms with van der Waals surface area (Å²) in [6.45, 7) is 0.693. The molecule has 188 valence electrons. The molecule has 1 aromatic carbocycles. The molecular formula is C25H42N2O6. The van der Waals surface area contributed by atoms with Crippen LogP contribution in [-0.4, -0.2) is 102 Å². The first-order chi connectivity index (χ1) is 15.8. The summed E-state index contributed by atoms with van der Waals surface area (Å²) >= 11 is 0. The average molecular weight is 467 g/mol. The molecule has 0 unspecified atom stereocenters. The van der Waals surface area contributed by atoms with Gasteiger partial charge in [-0.2, -0.15) is 0 Å². The molecule has 3 aliphatic rings. The Morgan fingerprint density at radius 1 is 1.12 bits per heavy atom. The highest BCUT2D eigenvalue weighted by molar-refractivity contribution is 5.45. The highest BCUT2D eigenvalue weighted by atomic mass is 16.5. The lowest BCUT2D eigenvalue weighted by Gasteiger charge is -2.58. The Kier molecular flexibility index (Phi) is 9.14. The van der Waals surface area contributed by atoms with Crippen LogP contribution < -0.4 is 10.1 Å². The molecule has 1 heterocycles. The topological polar surface area (TPSA) is 126 Å². The Hall–Kier alpha value is -1.26. The Morgan fingerprint density at radius 2 is 1.85 bits per heavy atom. The molecule has 0 aromatic heterocycles. The molecule has 2 aliphatic carbocycles. The molecule has 6 N–H and O–H groups in total. The van der Waals surface area contributed by atoms with E-state index in [1.54, 1.807) is 25.3 Å². The number of nitrogens with one attached hydrogen (secondary N) is 1. The monoisotopic (exact) mass is 466 g/mol. The van der Waals surface area contributed by atoms with Crippen molar-refractivity contribution < 1.29 is 30.3 Å². The van der Waals surface area contributed by atoms with E-state index < -0.39 is 31.0 Å². The van der Waals surface area contributed by atoms with Gasteiger partial charge in [-0.3, -0.25) is 0 Å². The summed E-state index contributed by atoms with van der Waals surface area (Å²) in [7, 11) is 5.69. The lowest BCUT2D eigenvalue weighted by molar-refractivity contribution is -0.113. The summed E-state index contributed by atoms with van der Waals surface area (Å²) in [6, 6.07) is 7.60. The zero-order valence-corrected chi connectivity index (χ0v) is 20.2. The number of methoxy groups -OCH3 is 1. The van der Waals surface area contributed by atoms with Gasteiger partial charge in [0.25, 0.3) is 0 Å². The van der Waals surface area contributed by atoms with E-state index in [1.807, 2.05) is 0 Å². The highest BCUT2D eigenvalue weighted by Crippen LogP contribution is 2.55. The Labute approximate surface area is 197 Å². The third kappa shape index (κ3) is 5.37. The maximum absolute atomic E-state index is 9.21. The van der Waals surface area contributed by atoms with E-state index in [-0.39, 0.29) is 6.54 Å². The fourth-order valence-corrected chi connectivity index (χ4v) is 6.20. The van der Waals surface area contributed by atoms with Crippen LogP contribution in [0, 0.1) is 5.92 Å². The van der Waals surface area contributed by atoms with Crippen LogP contribution in [0.5, 0.6) is 5.75 Å². The third-order valence-electron chi connectivity index (χ3n) is 8.06. The fourth-order valence-electron chi connectivity index (χ4n) is 6.20. The molecule has 8 nitrogen and oxygen atoms in total. The summed E-state index contributed by atoms with van der Waals surface area (Å²) in [5.74, 6) is 1.91. The maximum Gasteiger partial charge on any atom is 0.119 e. The molecule has 1 aromatic rings. The summed E-state index contributed by atoms with van der Waals surface area (Å²) in [4.78, 5) is 2.63. The number of aliphatic hydroxyl groups excluding tert-OH is 5. The molecule has 1 saturated heterocycles. The molecule has 2 fully saturated rings. The Balaban J connectivity index is 0.000000207. The number of aliphatic hydroxyl groups is 5. The third-order valence-corrected chi connectivity index (χ3v) is 8.06. The molecule has 33 heavy (non-hydrogen) atoms. The Morgan fingerprint density at radius 3 is 2.52 bits per heavy atom. The lowest BCUT2D eigenvalue weighted by atomic mass is 9.52. The predicted molar refractivity (Wildman–Crippen MR) is 126 cm³/mol. The van der Waals surface area contributed by atoms with Crippen molar-refractivity contribution in [2.75, 3.05) is 40.9 Å². The quantitative estimate of drug-likeness (QED) is 0.332. The van der Waals surface area contributed by atoms with E-state index in [0.29, 0.717) is 5.41 Å². The van der Waals surface area contributed by atoms with Gasteiger partial charge >= 0.3 is 0 Å². The van der Waals surface area contributed by atoms with E-state index in [4.69, 9.17) is 25.2 Å². The van der Waals surface area contributed by atoms with Gasteiger partial charge < -0.3 is 40.5 Å². The smallest absolute Gasteiger partial charge is 0.119 e. The number of piperidine rings is 1. The molecule has 1 saturated carbocycles. The van der Waals surface area contributed by atoms with E-state index in [1.165, 1.54) is 45.1 Å². The van der Waals surface area contributed by atoms with E-state index in [0.717, 1.165) is 17.7 Å². The number of nitrogens with zero attached hydrogens (tertiary/aromatic N) is 1. The van der Waals surface area contributed by atoms with Crippen LogP contribution in [0.25, 0.3) is 0 Å². The number of likely N-dealkylation sites (N-methyl/N-ethyl adjacent to an activating group) is 2. The van der Waals surface area contributed by atoms with Gasteiger partial charge in [0, 0.05) is 18.0 Å². The molecule has 8 heteroatoms. The van der Waals surface area contributed by atoms with Crippen LogP contribution in [0.2, 0.25) is 0 Å². The second-order valence-corrected chi connectivity index (χ2v) is 9.89. The van der Waals surface area contributed by atoms with Crippen molar-refractivity contribution in [1.29, 1.82) is 0 Å². The highest BCUT2D eigenvalue weighted by Gasteiger charge is 2.53. The summed E-state index contributed by atoms with van der Waals surface area (Å²) in [6.07, 6.45) is 2.58. The van der Waals surface area contributed by atoms with Crippen LogP contribution in [0.3, 0.4) is 0 Å². The van der Waals surface area contributed by atoms with Crippen LogP contribution in [0.4, 0.5) is 0 Å². The van der Waals surface area contributed by atoms with Gasteiger partial charge in [-0.1, -0.05) is 18.9 Å². The zero-order valence-electron chi connectivity index (χ0n) is 20.2. The normalized spacial score (nSPS) is 30.1. The number of likely N-dealkylation sites (tertiary alicyclic amines) is 1. The summed E-state index contributed by atoms with van der Waals surface area (Å²) in [5, 5.41) is 47.5. The van der Waals surface area contributed by atoms with Crippen molar-refractivity contribution >= 4 is 0 Å². The minimum atomic E-state index is -1.55. The second kappa shape index (κ2) is 11.4. The number of rotatable bonds is 7. The van der Waals surface area contributed by atoms with Gasteiger partial charge in [-0.05, 0) is 75.5 Å². The Bertz CT molecular complexity index is 764. The van der Waals surface area contributed by atoms with Crippen LogP contribution in [0.15, 0.2) is 18.2 Å². The lowest BCUT2D eigenvalue weighted by Crippen LogP contribution is -2.59. The average Bonchev–Trinajstić information content (AvgIpc) is 2.85. The molecule has 1 aliphatic heterocycles. The van der Waals surface area contributed by atoms with Crippen molar-refractivity contribution in [3.63, 3.8) is 0 Å². The summed E-state index contributed by atoms with van der Waals surface area (Å²) in [5.41, 5.74) is 3.67. The molecule has 0 spiro atoms. The van der Waals surface area contributed by atoms with Crippen molar-refractivity contribution in [2.24, 2.45) is 5.92 Å². The molecule has 0 radical (unpaired) electrons. The first-order valence-electron chi connectivity index (χ1n) is 12.1. The van der Waals surface area contributed by atoms with E-state index in [2.05, 4.69) is 35.5 Å². The molecule has 7 atom stereocenters. The minimum absolute atomic E-state index is 0.0936. The van der Waals surface area contributed by atoms with Gasteiger partial charge in [0.2, 0.25) is 0 Å². The van der Waals surface area contributed by atoms with Crippen molar-refractivity contribution in [3.05, 3.63) is 29.3 Å². The number of fused-ring (bicyclic) bond motifs is 1. The maximum atomic E-state index is 9.21. The summed E-state index contributed by atoms with van der Waals surface area (Å²) < 4.78 is 5.51. The fraction of sp³-hybridized carbons (Fsp3) is 0.760. The molecule has 4 rings (SSSR count). The van der Waals surface area contributed by atoms with Crippen molar-refractivity contribution in [1.82, 2.24) is 10.2 Å². The zero-order chi connectivity index (χ0) is 24.2. The van der Waals surface area contributed by atoms with Crippen LogP contribution >= 0.6 is 0 Å². The largest absolute Gasteiger partial charge is 0.497 e. The predicted octanol–water partition coefficient (Wildman–Crippen LogP) is 0.0251. The number of hydrogen-bond acceptors (Lipinski definition) is 8. The molecular weight excluding hydrogens is 424 g/mol. The SMILES string of the molecule is CNC[C@H](O)[C@@H](O)[C@H](O)[C@H](O)CO.COc1ccc2c(c1)[C@]13CCCC[C@@H]1[C@H](C2)N(C)CC3. The number of hydrogen-bond donors (Lipinski definition) is 6. The molecule has 0 amide bonds. The van der Waals surface area contributed by atoms with E-state index >= 15 is 0 Å². The van der Waals surface area contributed by atoms with Gasteiger partial charge in [0.05, 0.1) is 19.8 Å². The standard InChI is InChI=1S/C18H25NO.C7H17NO5/c1-19-10-9-18-8-4-3-5-15(18)17(19)11-13-6-7-14(20-2)12-16(13)18;1-8-2-4(10)6(12)7(13)5(11)3-9/h6-7,12,15,17H,3-5,8-11H2,1-2H3;4-13H,2-3H2,1H3/t15-,17+,18+;4-,5+,6+,7+/m10/s1. The minimum Gasteiger partial charge on any atom is -0.497 e. The first-order valence-corrected chi connectivity index (χ1v) is 12.1. The first kappa shape index (κ1) is 26.3. The van der Waals surface area contributed by atoms with E-state index in [9.17, 15) is 5.11 Å². The van der Waals surface area contributed by atoms with Crippen LogP contribution in [-0.2, 0) is 11.8 Å². The molecule has 2 bridgehead atoms. The van der Waals surface area contributed by atoms with Gasteiger partial charge in [-0.15, -0.1) is 0 Å². The van der Waals surface area contributed by atoms with Gasteiger partial charge in [0.15, 0.2) is 0 Å². The van der Waals surface area contributed by atoms with Crippen LogP contribution in [0.1, 0.15) is 43.2 Å². The number of benzene rings is 1. The van der Waals surface area contributed by atoms with Gasteiger partial charge in [-0.25, -0.2) is 0 Å². The van der Waals surface area contributed by atoms with Crippen molar-refractivity contribution in [3.8, 4) is 5.75 Å². The number of ether oxygens (including phenoxy) is 1.